The zero-order valence-electron chi connectivity index (χ0n) is 14.4. The molecular formula is C18H26FN3O2. The van der Waals surface area contributed by atoms with Crippen LogP contribution in [0.3, 0.4) is 0 Å². The van der Waals surface area contributed by atoms with Crippen LogP contribution in [0.25, 0.3) is 0 Å². The van der Waals surface area contributed by atoms with Crippen molar-refractivity contribution < 1.29 is 14.0 Å². The summed E-state index contributed by atoms with van der Waals surface area (Å²) >= 11 is 0. The quantitative estimate of drug-likeness (QED) is 0.728. The Morgan fingerprint density at radius 1 is 1.38 bits per heavy atom. The lowest BCUT2D eigenvalue weighted by Gasteiger charge is -2.17. The molecule has 1 aliphatic rings. The minimum absolute atomic E-state index is 0.0280. The molecule has 1 heterocycles. The van der Waals surface area contributed by atoms with Crippen LogP contribution in [0.2, 0.25) is 0 Å². The largest absolute Gasteiger partial charge is 0.356 e. The second kappa shape index (κ2) is 8.78. The zero-order chi connectivity index (χ0) is 17.5. The van der Waals surface area contributed by atoms with Crippen molar-refractivity contribution in [2.45, 2.75) is 19.3 Å². The molecule has 132 valence electrons. The second-order valence-corrected chi connectivity index (χ2v) is 6.53. The lowest BCUT2D eigenvalue weighted by atomic mass is 10.1. The van der Waals surface area contributed by atoms with E-state index in [9.17, 15) is 14.0 Å². The summed E-state index contributed by atoms with van der Waals surface area (Å²) in [4.78, 5) is 27.9. The summed E-state index contributed by atoms with van der Waals surface area (Å²) in [5, 5.41) is 2.90. The number of carbonyl (C=O) groups excluding carboxylic acids is 2. The first kappa shape index (κ1) is 18.4. The number of likely N-dealkylation sites (tertiary alicyclic amines) is 1. The van der Waals surface area contributed by atoms with Gasteiger partial charge in [0.2, 0.25) is 11.8 Å². The van der Waals surface area contributed by atoms with Gasteiger partial charge in [0.15, 0.2) is 0 Å². The molecule has 1 saturated heterocycles. The molecule has 1 unspecified atom stereocenters. The van der Waals surface area contributed by atoms with Crippen molar-refractivity contribution >= 4 is 11.8 Å². The topological polar surface area (TPSA) is 52.7 Å². The van der Waals surface area contributed by atoms with Crippen LogP contribution in [0.1, 0.15) is 18.4 Å². The van der Waals surface area contributed by atoms with Gasteiger partial charge in [-0.25, -0.2) is 4.39 Å². The Balaban J connectivity index is 1.76. The van der Waals surface area contributed by atoms with E-state index in [0.717, 1.165) is 13.0 Å². The van der Waals surface area contributed by atoms with Gasteiger partial charge in [-0.2, -0.15) is 0 Å². The molecule has 1 aromatic rings. The number of hydrogen-bond donors (Lipinski definition) is 1. The molecule has 1 atom stereocenters. The number of carbonyl (C=O) groups is 2. The highest BCUT2D eigenvalue weighted by Crippen LogP contribution is 2.19. The van der Waals surface area contributed by atoms with Crippen LogP contribution in [0, 0.1) is 11.7 Å². The van der Waals surface area contributed by atoms with Gasteiger partial charge in [-0.05, 0) is 45.1 Å². The van der Waals surface area contributed by atoms with Crippen molar-refractivity contribution in [3.05, 3.63) is 35.6 Å². The lowest BCUT2D eigenvalue weighted by molar-refractivity contribution is -0.129. The third-order valence-electron chi connectivity index (χ3n) is 4.28. The fraction of sp³-hybridized carbons (Fsp3) is 0.556. The summed E-state index contributed by atoms with van der Waals surface area (Å²) in [6.07, 6.45) is 1.60. The van der Waals surface area contributed by atoms with Crippen molar-refractivity contribution in [1.82, 2.24) is 15.1 Å². The normalized spacial score (nSPS) is 17.6. The summed E-state index contributed by atoms with van der Waals surface area (Å²) in [6, 6.07) is 6.58. The predicted octanol–water partition coefficient (Wildman–Crippen LogP) is 1.28. The van der Waals surface area contributed by atoms with Crippen molar-refractivity contribution in [3.63, 3.8) is 0 Å². The van der Waals surface area contributed by atoms with E-state index in [2.05, 4.69) is 10.2 Å². The highest BCUT2D eigenvalue weighted by molar-refractivity contribution is 5.89. The van der Waals surface area contributed by atoms with Gasteiger partial charge in [0.1, 0.15) is 5.82 Å². The maximum Gasteiger partial charge on any atom is 0.225 e. The average molecular weight is 335 g/mol. The fourth-order valence-corrected chi connectivity index (χ4v) is 2.87. The van der Waals surface area contributed by atoms with E-state index < -0.39 is 0 Å². The molecule has 0 saturated carbocycles. The number of nitrogens with one attached hydrogen (secondary N) is 1. The van der Waals surface area contributed by atoms with E-state index in [1.165, 1.54) is 6.07 Å². The summed E-state index contributed by atoms with van der Waals surface area (Å²) < 4.78 is 13.6. The maximum atomic E-state index is 13.6. The smallest absolute Gasteiger partial charge is 0.225 e. The first-order valence-electron chi connectivity index (χ1n) is 8.41. The molecule has 24 heavy (non-hydrogen) atoms. The molecule has 0 radical (unpaired) electrons. The Kier molecular flexibility index (Phi) is 6.73. The van der Waals surface area contributed by atoms with Crippen LogP contribution in [0.15, 0.2) is 24.3 Å². The number of amides is 2. The highest BCUT2D eigenvalue weighted by atomic mass is 19.1. The molecule has 1 fully saturated rings. The molecule has 1 aromatic carbocycles. The van der Waals surface area contributed by atoms with E-state index in [1.54, 1.807) is 23.1 Å². The van der Waals surface area contributed by atoms with Crippen LogP contribution in [-0.4, -0.2) is 61.9 Å². The number of rotatable bonds is 8. The third kappa shape index (κ3) is 5.30. The fourth-order valence-electron chi connectivity index (χ4n) is 2.87. The predicted molar refractivity (Wildman–Crippen MR) is 91.0 cm³/mol. The van der Waals surface area contributed by atoms with E-state index >= 15 is 0 Å². The highest BCUT2D eigenvalue weighted by Gasteiger charge is 2.33. The molecule has 5 nitrogen and oxygen atoms in total. The minimum atomic E-state index is -0.294. The van der Waals surface area contributed by atoms with Crippen molar-refractivity contribution in [2.24, 2.45) is 5.92 Å². The van der Waals surface area contributed by atoms with Crippen LogP contribution >= 0.6 is 0 Å². The van der Waals surface area contributed by atoms with E-state index in [1.807, 2.05) is 14.1 Å². The summed E-state index contributed by atoms with van der Waals surface area (Å²) in [5.41, 5.74) is 0.599. The standard InChI is InChI=1S/C18H26FN3O2/c1-21(2)10-5-9-20-18(24)15-12-17(23)22(13-15)11-8-14-6-3-4-7-16(14)19/h3-4,6-7,15H,5,8-13H2,1-2H3,(H,20,24). The lowest BCUT2D eigenvalue weighted by Crippen LogP contribution is -2.34. The molecule has 2 rings (SSSR count). The van der Waals surface area contributed by atoms with Crippen LogP contribution in [0.4, 0.5) is 4.39 Å². The van der Waals surface area contributed by atoms with Gasteiger partial charge in [-0.3, -0.25) is 9.59 Å². The molecule has 2 amide bonds. The van der Waals surface area contributed by atoms with E-state index in [4.69, 9.17) is 0 Å². The van der Waals surface area contributed by atoms with E-state index in [-0.39, 0.29) is 30.0 Å². The average Bonchev–Trinajstić information content (AvgIpc) is 2.91. The molecular weight excluding hydrogens is 309 g/mol. The van der Waals surface area contributed by atoms with Gasteiger partial charge in [-0.15, -0.1) is 0 Å². The molecule has 0 bridgehead atoms. The summed E-state index contributed by atoms with van der Waals surface area (Å²) in [6.45, 7) is 2.41. The first-order valence-corrected chi connectivity index (χ1v) is 8.41. The monoisotopic (exact) mass is 335 g/mol. The van der Waals surface area contributed by atoms with Crippen LogP contribution < -0.4 is 5.32 Å². The van der Waals surface area contributed by atoms with Crippen molar-refractivity contribution in [2.75, 3.05) is 40.3 Å². The molecule has 0 aliphatic carbocycles. The van der Waals surface area contributed by atoms with Gasteiger partial charge < -0.3 is 15.1 Å². The second-order valence-electron chi connectivity index (χ2n) is 6.53. The molecule has 1 aliphatic heterocycles. The van der Waals surface area contributed by atoms with Crippen molar-refractivity contribution in [3.8, 4) is 0 Å². The summed E-state index contributed by atoms with van der Waals surface area (Å²) in [7, 11) is 3.98. The minimum Gasteiger partial charge on any atom is -0.356 e. The Labute approximate surface area is 142 Å². The molecule has 0 aromatic heterocycles. The summed E-state index contributed by atoms with van der Waals surface area (Å²) in [5.74, 6) is -0.632. The Morgan fingerprint density at radius 2 is 2.12 bits per heavy atom. The third-order valence-corrected chi connectivity index (χ3v) is 4.28. The van der Waals surface area contributed by atoms with Gasteiger partial charge in [0, 0.05) is 26.1 Å². The molecule has 6 heteroatoms. The number of halogens is 1. The Morgan fingerprint density at radius 3 is 2.83 bits per heavy atom. The SMILES string of the molecule is CN(C)CCCNC(=O)C1CC(=O)N(CCc2ccccc2F)C1. The van der Waals surface area contributed by atoms with Gasteiger partial charge >= 0.3 is 0 Å². The first-order chi connectivity index (χ1) is 11.5. The van der Waals surface area contributed by atoms with Gasteiger partial charge in [0.05, 0.1) is 5.92 Å². The molecule has 0 spiro atoms. The van der Waals surface area contributed by atoms with Gasteiger partial charge in [-0.1, -0.05) is 18.2 Å². The number of nitrogens with zero attached hydrogens (tertiary/aromatic N) is 2. The number of benzene rings is 1. The zero-order valence-corrected chi connectivity index (χ0v) is 14.4. The van der Waals surface area contributed by atoms with Gasteiger partial charge in [0.25, 0.3) is 0 Å². The maximum absolute atomic E-state index is 13.6. The number of hydrogen-bond acceptors (Lipinski definition) is 3. The van der Waals surface area contributed by atoms with E-state index in [0.29, 0.717) is 31.6 Å². The van der Waals surface area contributed by atoms with Crippen LogP contribution in [-0.2, 0) is 16.0 Å². The molecule has 1 N–H and O–H groups in total. The Hall–Kier alpha value is -1.95. The Bertz CT molecular complexity index is 577. The van der Waals surface area contributed by atoms with Crippen molar-refractivity contribution in [1.29, 1.82) is 0 Å². The van der Waals surface area contributed by atoms with Crippen LogP contribution in [0.5, 0.6) is 0 Å².